The Morgan fingerprint density at radius 1 is 0.960 bits per heavy atom. The van der Waals surface area contributed by atoms with Crippen molar-refractivity contribution in [3.63, 3.8) is 0 Å². The molecular weight excluding hydrogens is 674 g/mol. The van der Waals surface area contributed by atoms with Gasteiger partial charge in [0.25, 0.3) is 11.1 Å². The molecule has 0 saturated carbocycles. The van der Waals surface area contributed by atoms with Gasteiger partial charge in [-0.05, 0) is 54.4 Å². The van der Waals surface area contributed by atoms with Crippen molar-refractivity contribution < 1.29 is 27.4 Å². The van der Waals surface area contributed by atoms with Gasteiger partial charge in [-0.1, -0.05) is 6.92 Å². The molecule has 18 heteroatoms. The smallest absolute Gasteiger partial charge is 0.330 e. The molecule has 50 heavy (non-hydrogen) atoms. The van der Waals surface area contributed by atoms with Crippen molar-refractivity contribution in [3.8, 4) is 6.07 Å². The largest absolute Gasteiger partial charge is 0.354 e. The summed E-state index contributed by atoms with van der Waals surface area (Å²) in [6, 6.07) is 2.00. The monoisotopic (exact) mass is 723 g/mol. The fourth-order valence-corrected chi connectivity index (χ4v) is 7.99. The third kappa shape index (κ3) is 9.46. The molecule has 3 N–H and O–H groups in total. The Bertz CT molecular complexity index is 1850. The van der Waals surface area contributed by atoms with Crippen LogP contribution < -0.4 is 27.2 Å². The average Bonchev–Trinajstić information content (AvgIpc) is 3.62. The molecule has 0 amide bonds. The lowest BCUT2D eigenvalue weighted by atomic mass is 10.0. The van der Waals surface area contributed by atoms with E-state index in [4.69, 9.17) is 24.2 Å². The summed E-state index contributed by atoms with van der Waals surface area (Å²) in [5, 5.41) is 9.11. The highest BCUT2D eigenvalue weighted by Crippen LogP contribution is 2.36. The molecule has 0 radical (unpaired) electrons. The zero-order valence-electron chi connectivity index (χ0n) is 29.6. The molecule has 0 bridgehead atoms. The topological polar surface area (TPSA) is 220 Å². The zero-order chi connectivity index (χ0) is 36.9. The van der Waals surface area contributed by atoms with Gasteiger partial charge in [-0.3, -0.25) is 33.6 Å². The van der Waals surface area contributed by atoms with Gasteiger partial charge in [0, 0.05) is 54.5 Å². The third-order valence-corrected chi connectivity index (χ3v) is 10.5. The van der Waals surface area contributed by atoms with Crippen LogP contribution in [-0.2, 0) is 29.0 Å². The van der Waals surface area contributed by atoms with E-state index >= 15 is 0 Å². The van der Waals surface area contributed by atoms with Crippen LogP contribution in [-0.4, -0.2) is 88.1 Å². The standard InChI is InChI=1S/C32H49N7O10S/c1-8-23-22(12-26(47-23)37-15-20(6)28(40)35-30(37)42)17-50(44,45)34-14-25-24(13-27(48-25)38-16-21(7)29(41)36-31(38)43)49-32(46-11-9-10-33)39(18(2)3)19(4)5/h15-16,18-19,22-27,32,34H,8-9,11-14,17H2,1-7H3,(H,35,40,42)(H,36,41,43)/t22-,23-,24+,25-,26-,27-,32?/m1/s1. The second-order valence-corrected chi connectivity index (χ2v) is 15.2. The molecule has 278 valence electrons. The predicted molar refractivity (Wildman–Crippen MR) is 182 cm³/mol. The van der Waals surface area contributed by atoms with Crippen LogP contribution in [0, 0.1) is 31.1 Å². The van der Waals surface area contributed by atoms with Crippen LogP contribution in [0.2, 0.25) is 0 Å². The first-order chi connectivity index (χ1) is 23.5. The van der Waals surface area contributed by atoms with E-state index < -0.39 is 75.6 Å². The molecule has 2 aliphatic heterocycles. The van der Waals surface area contributed by atoms with E-state index in [0.717, 1.165) is 0 Å². The molecule has 0 spiro atoms. The third-order valence-electron chi connectivity index (χ3n) is 9.00. The van der Waals surface area contributed by atoms with Crippen molar-refractivity contribution in [2.24, 2.45) is 5.92 Å². The van der Waals surface area contributed by atoms with Crippen molar-refractivity contribution in [3.05, 3.63) is 65.2 Å². The Morgan fingerprint density at radius 2 is 1.50 bits per heavy atom. The van der Waals surface area contributed by atoms with Crippen LogP contribution >= 0.6 is 0 Å². The number of aromatic nitrogens is 4. The van der Waals surface area contributed by atoms with E-state index in [9.17, 15) is 27.6 Å². The lowest BCUT2D eigenvalue weighted by Crippen LogP contribution is -2.51. The van der Waals surface area contributed by atoms with E-state index in [1.54, 1.807) is 13.8 Å². The molecule has 4 heterocycles. The number of ether oxygens (including phenoxy) is 4. The summed E-state index contributed by atoms with van der Waals surface area (Å²) in [6.07, 6.45) is -0.878. The van der Waals surface area contributed by atoms with Crippen LogP contribution in [0.4, 0.5) is 0 Å². The van der Waals surface area contributed by atoms with Crippen LogP contribution in [0.1, 0.15) is 83.9 Å². The highest BCUT2D eigenvalue weighted by Gasteiger charge is 2.43. The van der Waals surface area contributed by atoms with Gasteiger partial charge in [0.1, 0.15) is 18.6 Å². The molecule has 2 fully saturated rings. The number of H-pyrrole nitrogens is 2. The van der Waals surface area contributed by atoms with Crippen molar-refractivity contribution >= 4 is 10.0 Å². The number of hydrogen-bond acceptors (Lipinski definition) is 12. The van der Waals surface area contributed by atoms with Crippen LogP contribution in [0.15, 0.2) is 31.6 Å². The Kier molecular flexibility index (Phi) is 13.2. The quantitative estimate of drug-likeness (QED) is 0.163. The minimum absolute atomic E-state index is 0.0264. The van der Waals surface area contributed by atoms with Crippen molar-refractivity contribution in [1.82, 2.24) is 28.7 Å². The fraction of sp³-hybridized carbons (Fsp3) is 0.719. The van der Waals surface area contributed by atoms with Crippen LogP contribution in [0.25, 0.3) is 0 Å². The van der Waals surface area contributed by atoms with Crippen LogP contribution in [0.3, 0.4) is 0 Å². The number of nitriles is 1. The fourth-order valence-electron chi connectivity index (χ4n) is 6.54. The maximum Gasteiger partial charge on any atom is 0.330 e. The predicted octanol–water partition coefficient (Wildman–Crippen LogP) is 0.942. The molecule has 0 aliphatic carbocycles. The summed E-state index contributed by atoms with van der Waals surface area (Å²) in [4.78, 5) is 55.7. The lowest BCUT2D eigenvalue weighted by Gasteiger charge is -2.38. The van der Waals surface area contributed by atoms with Crippen molar-refractivity contribution in [2.45, 2.75) is 123 Å². The molecular formula is C32H49N7O10S. The van der Waals surface area contributed by atoms with E-state index in [0.29, 0.717) is 17.5 Å². The highest BCUT2D eigenvalue weighted by atomic mass is 32.2. The molecule has 2 aromatic heterocycles. The summed E-state index contributed by atoms with van der Waals surface area (Å²) >= 11 is 0. The van der Waals surface area contributed by atoms with Crippen molar-refractivity contribution in [1.29, 1.82) is 5.26 Å². The van der Waals surface area contributed by atoms with E-state index in [1.165, 1.54) is 21.5 Å². The number of sulfonamides is 1. The van der Waals surface area contributed by atoms with Gasteiger partial charge < -0.3 is 18.9 Å². The SMILES string of the molecule is CC[C@H]1O[C@@H](n2cc(C)c(=O)[nH]c2=O)C[C@@H]1CS(=O)(=O)NC[C@H]1O[C@@H](n2cc(C)c(=O)[nH]c2=O)C[C@@H]1OC(OCCC#N)N(C(C)C)C(C)C. The second-order valence-electron chi connectivity index (χ2n) is 13.4. The Morgan fingerprint density at radius 3 is 2.02 bits per heavy atom. The Labute approximate surface area is 290 Å². The lowest BCUT2D eigenvalue weighted by molar-refractivity contribution is -0.263. The normalized spacial score (nSPS) is 24.7. The van der Waals surface area contributed by atoms with Gasteiger partial charge in [0.05, 0.1) is 37.1 Å². The molecule has 2 aliphatic rings. The zero-order valence-corrected chi connectivity index (χ0v) is 30.4. The summed E-state index contributed by atoms with van der Waals surface area (Å²) in [5.41, 5.74) is -1.73. The molecule has 2 saturated heterocycles. The minimum Gasteiger partial charge on any atom is -0.354 e. The molecule has 2 aromatic rings. The van der Waals surface area contributed by atoms with Crippen LogP contribution in [0.5, 0.6) is 0 Å². The minimum atomic E-state index is -3.95. The van der Waals surface area contributed by atoms with E-state index in [-0.39, 0.29) is 50.3 Å². The maximum atomic E-state index is 13.6. The average molecular weight is 724 g/mol. The van der Waals surface area contributed by atoms with Gasteiger partial charge >= 0.3 is 11.4 Å². The molecule has 1 unspecified atom stereocenters. The first-order valence-electron chi connectivity index (χ1n) is 16.9. The highest BCUT2D eigenvalue weighted by molar-refractivity contribution is 7.89. The van der Waals surface area contributed by atoms with Gasteiger partial charge in [0.15, 0.2) is 0 Å². The van der Waals surface area contributed by atoms with E-state index in [1.807, 2.05) is 39.5 Å². The summed E-state index contributed by atoms with van der Waals surface area (Å²) < 4.78 is 57.1. The summed E-state index contributed by atoms with van der Waals surface area (Å²) in [7, 11) is -3.95. The first kappa shape index (κ1) is 39.3. The van der Waals surface area contributed by atoms with Gasteiger partial charge in [0.2, 0.25) is 16.4 Å². The van der Waals surface area contributed by atoms with Gasteiger partial charge in [-0.2, -0.15) is 5.26 Å². The number of hydrogen-bond donors (Lipinski definition) is 3. The summed E-state index contributed by atoms with van der Waals surface area (Å²) in [6.45, 7) is 12.8. The number of rotatable bonds is 16. The van der Waals surface area contributed by atoms with Crippen molar-refractivity contribution in [2.75, 3.05) is 18.9 Å². The van der Waals surface area contributed by atoms with E-state index in [2.05, 4.69) is 20.8 Å². The number of aryl methyl sites for hydroxylation is 2. The summed E-state index contributed by atoms with van der Waals surface area (Å²) in [5.74, 6) is -0.759. The number of nitrogens with one attached hydrogen (secondary N) is 3. The maximum absolute atomic E-state index is 13.6. The molecule has 4 rings (SSSR count). The number of aromatic amines is 2. The first-order valence-corrected chi connectivity index (χ1v) is 18.5. The molecule has 17 nitrogen and oxygen atoms in total. The molecule has 0 aromatic carbocycles. The second kappa shape index (κ2) is 16.7. The van der Waals surface area contributed by atoms with Gasteiger partial charge in [-0.15, -0.1) is 0 Å². The number of nitrogens with zero attached hydrogens (tertiary/aromatic N) is 4. The Hall–Kier alpha value is -3.44. The molecule has 7 atom stereocenters. The Balaban J connectivity index is 1.55. The van der Waals surface area contributed by atoms with Gasteiger partial charge in [-0.25, -0.2) is 22.7 Å².